The Kier molecular flexibility index (Phi) is 6.64. The van der Waals surface area contributed by atoms with Gasteiger partial charge in [0, 0.05) is 13.5 Å². The molecule has 0 radical (unpaired) electrons. The number of hydrogen-bond donors (Lipinski definition) is 1. The van der Waals surface area contributed by atoms with Crippen molar-refractivity contribution in [2.45, 2.75) is 40.5 Å². The van der Waals surface area contributed by atoms with Crippen molar-refractivity contribution in [3.63, 3.8) is 0 Å². The second-order valence-corrected chi connectivity index (χ2v) is 5.94. The molecule has 1 rings (SSSR count). The first kappa shape index (κ1) is 16.6. The zero-order chi connectivity index (χ0) is 15.1. The van der Waals surface area contributed by atoms with Crippen LogP contribution in [0.2, 0.25) is 0 Å². The number of carbonyl (C=O) groups excluding carboxylic acids is 2. The molecule has 0 bridgehead atoms. The SMILES string of the molecule is CCOC(=O)c1nc(NCCCC(C)C)sc1C(C)=O. The Bertz CT molecular complexity index is 469. The van der Waals surface area contributed by atoms with Crippen molar-refractivity contribution < 1.29 is 14.3 Å². The van der Waals surface area contributed by atoms with E-state index in [0.717, 1.165) is 19.4 Å². The first-order valence-corrected chi connectivity index (χ1v) is 7.70. The van der Waals surface area contributed by atoms with E-state index in [-0.39, 0.29) is 18.1 Å². The maximum absolute atomic E-state index is 11.7. The van der Waals surface area contributed by atoms with E-state index in [1.54, 1.807) is 6.92 Å². The average molecular weight is 298 g/mol. The van der Waals surface area contributed by atoms with Crippen LogP contribution in [0.5, 0.6) is 0 Å². The molecular formula is C14H22N2O3S. The van der Waals surface area contributed by atoms with E-state index in [1.807, 2.05) is 0 Å². The molecule has 1 N–H and O–H groups in total. The van der Waals surface area contributed by atoms with Gasteiger partial charge in [-0.15, -0.1) is 0 Å². The number of ether oxygens (including phenoxy) is 1. The molecule has 0 fully saturated rings. The zero-order valence-electron chi connectivity index (χ0n) is 12.5. The number of nitrogens with one attached hydrogen (secondary N) is 1. The van der Waals surface area contributed by atoms with Crippen LogP contribution in [0.1, 0.15) is 60.7 Å². The van der Waals surface area contributed by atoms with Crippen LogP contribution in [0.3, 0.4) is 0 Å². The fourth-order valence-corrected chi connectivity index (χ4v) is 2.55. The number of carbonyl (C=O) groups is 2. The van der Waals surface area contributed by atoms with Crippen LogP contribution in [0, 0.1) is 5.92 Å². The molecule has 0 aliphatic rings. The van der Waals surface area contributed by atoms with Gasteiger partial charge in [0.15, 0.2) is 16.6 Å². The van der Waals surface area contributed by atoms with Gasteiger partial charge in [0.1, 0.15) is 4.88 Å². The molecular weight excluding hydrogens is 276 g/mol. The van der Waals surface area contributed by atoms with Crippen molar-refractivity contribution in [3.05, 3.63) is 10.6 Å². The molecule has 0 aliphatic carbocycles. The van der Waals surface area contributed by atoms with Crippen LogP contribution < -0.4 is 5.32 Å². The molecule has 0 saturated heterocycles. The minimum absolute atomic E-state index is 0.121. The van der Waals surface area contributed by atoms with Crippen molar-refractivity contribution in [2.75, 3.05) is 18.5 Å². The standard InChI is InChI=1S/C14H22N2O3S/c1-5-19-13(18)11-12(10(4)17)20-14(16-11)15-8-6-7-9(2)3/h9H,5-8H2,1-4H3,(H,15,16). The Morgan fingerprint density at radius 1 is 1.40 bits per heavy atom. The molecule has 0 spiro atoms. The Morgan fingerprint density at radius 2 is 2.10 bits per heavy atom. The van der Waals surface area contributed by atoms with Crippen LogP contribution in [-0.4, -0.2) is 29.9 Å². The Balaban J connectivity index is 2.71. The van der Waals surface area contributed by atoms with Gasteiger partial charge in [0.2, 0.25) is 0 Å². The second-order valence-electron chi connectivity index (χ2n) is 4.94. The van der Waals surface area contributed by atoms with Crippen molar-refractivity contribution in [1.82, 2.24) is 4.98 Å². The maximum Gasteiger partial charge on any atom is 0.358 e. The fourth-order valence-electron chi connectivity index (χ4n) is 1.68. The van der Waals surface area contributed by atoms with Gasteiger partial charge in [-0.3, -0.25) is 4.79 Å². The van der Waals surface area contributed by atoms with Gasteiger partial charge in [-0.25, -0.2) is 9.78 Å². The zero-order valence-corrected chi connectivity index (χ0v) is 13.3. The lowest BCUT2D eigenvalue weighted by molar-refractivity contribution is 0.0517. The average Bonchev–Trinajstić information content (AvgIpc) is 2.79. The second kappa shape index (κ2) is 7.99. The topological polar surface area (TPSA) is 68.3 Å². The highest BCUT2D eigenvalue weighted by Gasteiger charge is 2.22. The van der Waals surface area contributed by atoms with Gasteiger partial charge in [0.05, 0.1) is 6.61 Å². The Labute approximate surface area is 123 Å². The Hall–Kier alpha value is -1.43. The highest BCUT2D eigenvalue weighted by atomic mass is 32.1. The summed E-state index contributed by atoms with van der Waals surface area (Å²) in [4.78, 5) is 27.8. The van der Waals surface area contributed by atoms with Crippen LogP contribution in [-0.2, 0) is 4.74 Å². The molecule has 20 heavy (non-hydrogen) atoms. The van der Waals surface area contributed by atoms with E-state index < -0.39 is 5.97 Å². The normalized spacial score (nSPS) is 10.7. The molecule has 0 aliphatic heterocycles. The lowest BCUT2D eigenvalue weighted by Gasteiger charge is -2.04. The first-order valence-electron chi connectivity index (χ1n) is 6.88. The largest absolute Gasteiger partial charge is 0.461 e. The predicted molar refractivity (Wildman–Crippen MR) is 80.6 cm³/mol. The summed E-state index contributed by atoms with van der Waals surface area (Å²) in [5, 5.41) is 3.76. The molecule has 1 aromatic rings. The number of Topliss-reactive ketones (excluding diaryl/α,β-unsaturated/α-hetero) is 1. The summed E-state index contributed by atoms with van der Waals surface area (Å²) < 4.78 is 4.91. The molecule has 5 nitrogen and oxygen atoms in total. The molecule has 0 saturated carbocycles. The number of thiazole rings is 1. The van der Waals surface area contributed by atoms with Crippen LogP contribution in [0.25, 0.3) is 0 Å². The highest BCUT2D eigenvalue weighted by molar-refractivity contribution is 7.17. The lowest BCUT2D eigenvalue weighted by Crippen LogP contribution is -2.09. The third kappa shape index (κ3) is 4.92. The van der Waals surface area contributed by atoms with Crippen LogP contribution in [0.4, 0.5) is 5.13 Å². The Morgan fingerprint density at radius 3 is 2.65 bits per heavy atom. The van der Waals surface area contributed by atoms with Gasteiger partial charge in [-0.05, 0) is 25.7 Å². The van der Waals surface area contributed by atoms with E-state index >= 15 is 0 Å². The summed E-state index contributed by atoms with van der Waals surface area (Å²) in [6.07, 6.45) is 2.16. The van der Waals surface area contributed by atoms with Crippen LogP contribution >= 0.6 is 11.3 Å². The smallest absolute Gasteiger partial charge is 0.358 e. The molecule has 0 amide bonds. The van der Waals surface area contributed by atoms with Gasteiger partial charge in [-0.2, -0.15) is 0 Å². The summed E-state index contributed by atoms with van der Waals surface area (Å²) >= 11 is 1.21. The number of nitrogens with zero attached hydrogens (tertiary/aromatic N) is 1. The molecule has 0 aromatic carbocycles. The van der Waals surface area contributed by atoms with Crippen molar-refractivity contribution in [1.29, 1.82) is 0 Å². The minimum atomic E-state index is -0.538. The van der Waals surface area contributed by atoms with Gasteiger partial charge < -0.3 is 10.1 Å². The summed E-state index contributed by atoms with van der Waals surface area (Å²) in [7, 11) is 0. The molecule has 6 heteroatoms. The third-order valence-corrected chi connectivity index (χ3v) is 3.76. The minimum Gasteiger partial charge on any atom is -0.461 e. The van der Waals surface area contributed by atoms with Crippen molar-refractivity contribution >= 4 is 28.2 Å². The predicted octanol–water partition coefficient (Wildman–Crippen LogP) is 3.37. The maximum atomic E-state index is 11.7. The van der Waals surface area contributed by atoms with E-state index in [0.29, 0.717) is 15.9 Å². The fraction of sp³-hybridized carbons (Fsp3) is 0.643. The van der Waals surface area contributed by atoms with E-state index in [2.05, 4.69) is 24.1 Å². The van der Waals surface area contributed by atoms with Crippen LogP contribution in [0.15, 0.2) is 0 Å². The molecule has 0 atom stereocenters. The van der Waals surface area contributed by atoms with Crippen molar-refractivity contribution in [2.24, 2.45) is 5.92 Å². The monoisotopic (exact) mass is 298 g/mol. The number of aromatic nitrogens is 1. The molecule has 1 aromatic heterocycles. The highest BCUT2D eigenvalue weighted by Crippen LogP contribution is 2.24. The van der Waals surface area contributed by atoms with Crippen molar-refractivity contribution in [3.8, 4) is 0 Å². The number of esters is 1. The van der Waals surface area contributed by atoms with Gasteiger partial charge in [0.25, 0.3) is 0 Å². The summed E-state index contributed by atoms with van der Waals surface area (Å²) in [6, 6.07) is 0. The number of anilines is 1. The molecule has 1 heterocycles. The van der Waals surface area contributed by atoms with Gasteiger partial charge >= 0.3 is 5.97 Å². The quantitative estimate of drug-likeness (QED) is 0.453. The van der Waals surface area contributed by atoms with E-state index in [9.17, 15) is 9.59 Å². The first-order chi connectivity index (χ1) is 9.45. The van der Waals surface area contributed by atoms with Gasteiger partial charge in [-0.1, -0.05) is 25.2 Å². The molecule has 112 valence electrons. The number of hydrogen-bond acceptors (Lipinski definition) is 6. The lowest BCUT2D eigenvalue weighted by atomic mass is 10.1. The van der Waals surface area contributed by atoms with E-state index in [4.69, 9.17) is 4.74 Å². The number of ketones is 1. The summed E-state index contributed by atoms with van der Waals surface area (Å²) in [5.74, 6) is -0.0408. The summed E-state index contributed by atoms with van der Waals surface area (Å²) in [5.41, 5.74) is 0.121. The number of rotatable bonds is 8. The summed E-state index contributed by atoms with van der Waals surface area (Å²) in [6.45, 7) is 8.56. The van der Waals surface area contributed by atoms with E-state index in [1.165, 1.54) is 18.3 Å². The molecule has 0 unspecified atom stereocenters. The third-order valence-electron chi connectivity index (χ3n) is 2.65.